The fourth-order valence-electron chi connectivity index (χ4n) is 0.782. The summed E-state index contributed by atoms with van der Waals surface area (Å²) >= 11 is 1.52. The SMILES string of the molecule is Cc1csc(NC(C)C(=O)O)c1. The first-order valence-electron chi connectivity index (χ1n) is 3.64. The van der Waals surface area contributed by atoms with Crippen LogP contribution in [-0.2, 0) is 4.79 Å². The maximum Gasteiger partial charge on any atom is 0.325 e. The number of aliphatic carboxylic acids is 1. The van der Waals surface area contributed by atoms with Crippen molar-refractivity contribution in [3.8, 4) is 0 Å². The lowest BCUT2D eigenvalue weighted by Crippen LogP contribution is -2.24. The Labute approximate surface area is 75.0 Å². The van der Waals surface area contributed by atoms with Gasteiger partial charge in [-0.3, -0.25) is 4.79 Å². The predicted molar refractivity (Wildman–Crippen MR) is 49.8 cm³/mol. The van der Waals surface area contributed by atoms with Gasteiger partial charge < -0.3 is 10.4 Å². The number of thiophene rings is 1. The van der Waals surface area contributed by atoms with Crippen molar-refractivity contribution < 1.29 is 9.90 Å². The number of anilines is 1. The van der Waals surface area contributed by atoms with E-state index in [9.17, 15) is 4.79 Å². The van der Waals surface area contributed by atoms with E-state index < -0.39 is 12.0 Å². The van der Waals surface area contributed by atoms with Crippen molar-refractivity contribution in [3.63, 3.8) is 0 Å². The monoisotopic (exact) mass is 185 g/mol. The predicted octanol–water partition coefficient (Wildman–Crippen LogP) is 1.94. The number of carbonyl (C=O) groups is 1. The molecule has 0 saturated carbocycles. The van der Waals surface area contributed by atoms with Gasteiger partial charge in [-0.25, -0.2) is 0 Å². The van der Waals surface area contributed by atoms with Crippen LogP contribution in [0.5, 0.6) is 0 Å². The molecule has 1 rings (SSSR count). The van der Waals surface area contributed by atoms with Crippen molar-refractivity contribution in [2.24, 2.45) is 0 Å². The summed E-state index contributed by atoms with van der Waals surface area (Å²) in [6.45, 7) is 3.60. The smallest absolute Gasteiger partial charge is 0.325 e. The molecule has 0 fully saturated rings. The Morgan fingerprint density at radius 3 is 2.83 bits per heavy atom. The van der Waals surface area contributed by atoms with Crippen LogP contribution >= 0.6 is 11.3 Å². The highest BCUT2D eigenvalue weighted by atomic mass is 32.1. The fraction of sp³-hybridized carbons (Fsp3) is 0.375. The summed E-state index contributed by atoms with van der Waals surface area (Å²) in [4.78, 5) is 10.5. The van der Waals surface area contributed by atoms with E-state index in [4.69, 9.17) is 5.11 Å². The molecule has 0 spiro atoms. The average Bonchev–Trinajstić information content (AvgIpc) is 2.35. The van der Waals surface area contributed by atoms with Crippen LogP contribution in [0.4, 0.5) is 5.00 Å². The summed E-state index contributed by atoms with van der Waals surface area (Å²) in [6.07, 6.45) is 0. The third-order valence-corrected chi connectivity index (χ3v) is 2.44. The van der Waals surface area contributed by atoms with E-state index >= 15 is 0 Å². The van der Waals surface area contributed by atoms with Gasteiger partial charge in [0, 0.05) is 0 Å². The highest BCUT2D eigenvalue weighted by molar-refractivity contribution is 7.14. The maximum absolute atomic E-state index is 10.5. The molecule has 12 heavy (non-hydrogen) atoms. The molecular formula is C8H11NO2S. The Hall–Kier alpha value is -1.03. The van der Waals surface area contributed by atoms with Gasteiger partial charge in [-0.1, -0.05) is 0 Å². The minimum absolute atomic E-state index is 0.525. The number of hydrogen-bond donors (Lipinski definition) is 2. The van der Waals surface area contributed by atoms with Crippen LogP contribution in [0.2, 0.25) is 0 Å². The fourth-order valence-corrected chi connectivity index (χ4v) is 1.66. The zero-order valence-corrected chi connectivity index (χ0v) is 7.81. The number of carboxylic acids is 1. The molecule has 0 aliphatic heterocycles. The van der Waals surface area contributed by atoms with Crippen LogP contribution in [-0.4, -0.2) is 17.1 Å². The number of aryl methyl sites for hydroxylation is 1. The topological polar surface area (TPSA) is 49.3 Å². The lowest BCUT2D eigenvalue weighted by Gasteiger charge is -2.06. The van der Waals surface area contributed by atoms with Gasteiger partial charge in [0.05, 0.1) is 5.00 Å². The van der Waals surface area contributed by atoms with Crippen LogP contribution in [0.25, 0.3) is 0 Å². The first-order chi connectivity index (χ1) is 5.59. The van der Waals surface area contributed by atoms with Crippen molar-refractivity contribution in [2.45, 2.75) is 19.9 Å². The number of carboxylic acid groups (broad SMARTS) is 1. The van der Waals surface area contributed by atoms with Gasteiger partial charge >= 0.3 is 5.97 Å². The average molecular weight is 185 g/mol. The van der Waals surface area contributed by atoms with Crippen LogP contribution < -0.4 is 5.32 Å². The summed E-state index contributed by atoms with van der Waals surface area (Å²) in [5.74, 6) is -0.832. The Bertz CT molecular complexity index is 282. The second-order valence-electron chi connectivity index (χ2n) is 2.69. The molecule has 2 N–H and O–H groups in total. The first-order valence-corrected chi connectivity index (χ1v) is 4.52. The molecule has 1 unspecified atom stereocenters. The van der Waals surface area contributed by atoms with Gasteiger partial charge in [-0.2, -0.15) is 0 Å². The van der Waals surface area contributed by atoms with Crippen molar-refractivity contribution in [1.29, 1.82) is 0 Å². The van der Waals surface area contributed by atoms with Gasteiger partial charge in [0.25, 0.3) is 0 Å². The van der Waals surface area contributed by atoms with Crippen molar-refractivity contribution in [3.05, 3.63) is 17.0 Å². The first kappa shape index (κ1) is 9.06. The quantitative estimate of drug-likeness (QED) is 0.756. The minimum Gasteiger partial charge on any atom is -0.480 e. The minimum atomic E-state index is -0.832. The molecule has 1 aromatic rings. The van der Waals surface area contributed by atoms with Gasteiger partial charge in [0.2, 0.25) is 0 Å². The normalized spacial score (nSPS) is 12.5. The molecule has 1 atom stereocenters. The highest BCUT2D eigenvalue weighted by Crippen LogP contribution is 2.20. The van der Waals surface area contributed by atoms with E-state index in [0.717, 1.165) is 10.6 Å². The van der Waals surface area contributed by atoms with Gasteiger partial charge in [0.15, 0.2) is 0 Å². The van der Waals surface area contributed by atoms with Gasteiger partial charge in [-0.15, -0.1) is 11.3 Å². The maximum atomic E-state index is 10.5. The largest absolute Gasteiger partial charge is 0.480 e. The lowest BCUT2D eigenvalue weighted by atomic mass is 10.3. The molecule has 0 aliphatic rings. The van der Waals surface area contributed by atoms with Gasteiger partial charge in [0.1, 0.15) is 6.04 Å². The number of rotatable bonds is 3. The summed E-state index contributed by atoms with van der Waals surface area (Å²) in [5.41, 5.74) is 1.15. The molecule has 4 heteroatoms. The molecule has 1 aromatic heterocycles. The summed E-state index contributed by atoms with van der Waals surface area (Å²) in [5, 5.41) is 14.4. The lowest BCUT2D eigenvalue weighted by molar-refractivity contribution is -0.137. The Balaban J connectivity index is 2.58. The number of hydrogen-bond acceptors (Lipinski definition) is 3. The van der Waals surface area contributed by atoms with E-state index in [2.05, 4.69) is 5.32 Å². The molecular weight excluding hydrogens is 174 g/mol. The Morgan fingerprint density at radius 1 is 1.75 bits per heavy atom. The van der Waals surface area contributed by atoms with E-state index in [1.54, 1.807) is 6.92 Å². The molecule has 66 valence electrons. The molecule has 0 aliphatic carbocycles. The zero-order chi connectivity index (χ0) is 9.14. The van der Waals surface area contributed by atoms with E-state index in [-0.39, 0.29) is 0 Å². The molecule has 3 nitrogen and oxygen atoms in total. The van der Waals surface area contributed by atoms with E-state index in [1.807, 2.05) is 18.4 Å². The van der Waals surface area contributed by atoms with E-state index in [0.29, 0.717) is 0 Å². The molecule has 0 bridgehead atoms. The molecule has 0 aromatic carbocycles. The van der Waals surface area contributed by atoms with Crippen LogP contribution in [0.15, 0.2) is 11.4 Å². The zero-order valence-electron chi connectivity index (χ0n) is 7.00. The van der Waals surface area contributed by atoms with Crippen molar-refractivity contribution in [1.82, 2.24) is 0 Å². The molecule has 0 saturated heterocycles. The van der Waals surface area contributed by atoms with Crippen molar-refractivity contribution in [2.75, 3.05) is 5.32 Å². The summed E-state index contributed by atoms with van der Waals surface area (Å²) < 4.78 is 0. The van der Waals surface area contributed by atoms with Crippen LogP contribution in [0.3, 0.4) is 0 Å². The van der Waals surface area contributed by atoms with Crippen LogP contribution in [0.1, 0.15) is 12.5 Å². The Kier molecular flexibility index (Phi) is 2.70. The summed E-state index contributed by atoms with van der Waals surface area (Å²) in [6, 6.07) is 1.41. The molecule has 1 heterocycles. The van der Waals surface area contributed by atoms with Crippen molar-refractivity contribution >= 4 is 22.3 Å². The second-order valence-corrected chi connectivity index (χ2v) is 3.60. The van der Waals surface area contributed by atoms with Crippen LogP contribution in [0, 0.1) is 6.92 Å². The van der Waals surface area contributed by atoms with E-state index in [1.165, 1.54) is 11.3 Å². The molecule has 0 radical (unpaired) electrons. The van der Waals surface area contributed by atoms with Gasteiger partial charge in [-0.05, 0) is 30.9 Å². The summed E-state index contributed by atoms with van der Waals surface area (Å²) in [7, 11) is 0. The molecule has 0 amide bonds. The standard InChI is InChI=1S/C8H11NO2S/c1-5-3-7(12-4-5)9-6(2)8(10)11/h3-4,6,9H,1-2H3,(H,10,11). The number of nitrogens with one attached hydrogen (secondary N) is 1. The highest BCUT2D eigenvalue weighted by Gasteiger charge is 2.10. The third kappa shape index (κ3) is 2.23. The second kappa shape index (κ2) is 3.58. The third-order valence-electron chi connectivity index (χ3n) is 1.46. The Morgan fingerprint density at radius 2 is 2.42 bits per heavy atom.